The molecule has 4 aromatic rings. The Hall–Kier alpha value is -4.60. The molecule has 37 heavy (non-hydrogen) atoms. The number of hydrogen-bond donors (Lipinski definition) is 2. The Morgan fingerprint density at radius 3 is 2.14 bits per heavy atom. The summed E-state index contributed by atoms with van der Waals surface area (Å²) in [6.45, 7) is 0.114. The predicted molar refractivity (Wildman–Crippen MR) is 141 cm³/mol. The summed E-state index contributed by atoms with van der Waals surface area (Å²) in [5, 5.41) is 7.37. The molecule has 0 saturated heterocycles. The van der Waals surface area contributed by atoms with Crippen LogP contribution in [0.3, 0.4) is 0 Å². The van der Waals surface area contributed by atoms with Gasteiger partial charge < -0.3 is 39.1 Å². The molecular weight excluding hydrogens is 478 g/mol. The quantitative estimate of drug-likeness (QED) is 0.301. The van der Waals surface area contributed by atoms with Crippen molar-refractivity contribution in [3.63, 3.8) is 0 Å². The van der Waals surface area contributed by atoms with Gasteiger partial charge in [-0.3, -0.25) is 0 Å². The van der Waals surface area contributed by atoms with E-state index in [1.807, 2.05) is 42.5 Å². The number of amides is 1. The van der Waals surface area contributed by atoms with Gasteiger partial charge in [0.05, 0.1) is 46.6 Å². The van der Waals surface area contributed by atoms with E-state index < -0.39 is 6.09 Å². The molecule has 1 heterocycles. The van der Waals surface area contributed by atoms with E-state index >= 15 is 0 Å². The SMILES string of the molecule is CNC(=O)OCc1cccc(Nc2c3cccc(OC)c3nc3c(OC)c(OC)c(OC)c(OC)c23)c1. The number of nitrogens with zero attached hydrogens (tertiary/aromatic N) is 1. The first-order chi connectivity index (χ1) is 18.0. The number of rotatable bonds is 9. The molecule has 0 aliphatic rings. The topological polar surface area (TPSA) is 109 Å². The number of para-hydroxylation sites is 1. The lowest BCUT2D eigenvalue weighted by Crippen LogP contribution is -2.18. The molecule has 10 nitrogen and oxygen atoms in total. The second-order valence-electron chi connectivity index (χ2n) is 7.85. The molecule has 0 unspecified atom stereocenters. The lowest BCUT2D eigenvalue weighted by molar-refractivity contribution is 0.142. The lowest BCUT2D eigenvalue weighted by atomic mass is 10.0. The number of carbonyl (C=O) groups is 1. The fourth-order valence-corrected chi connectivity index (χ4v) is 4.23. The molecule has 0 radical (unpaired) electrons. The molecule has 0 bridgehead atoms. The van der Waals surface area contributed by atoms with Crippen LogP contribution in [0.15, 0.2) is 42.5 Å². The van der Waals surface area contributed by atoms with Gasteiger partial charge >= 0.3 is 6.09 Å². The van der Waals surface area contributed by atoms with Crippen LogP contribution in [-0.4, -0.2) is 53.7 Å². The summed E-state index contributed by atoms with van der Waals surface area (Å²) >= 11 is 0. The normalized spacial score (nSPS) is 10.6. The Morgan fingerprint density at radius 1 is 0.811 bits per heavy atom. The second-order valence-corrected chi connectivity index (χ2v) is 7.85. The summed E-state index contributed by atoms with van der Waals surface area (Å²) in [7, 11) is 9.26. The highest BCUT2D eigenvalue weighted by Gasteiger charge is 2.28. The van der Waals surface area contributed by atoms with E-state index in [9.17, 15) is 4.79 Å². The van der Waals surface area contributed by atoms with Crippen LogP contribution in [0, 0.1) is 0 Å². The van der Waals surface area contributed by atoms with Crippen molar-refractivity contribution in [3.05, 3.63) is 48.0 Å². The largest absolute Gasteiger partial charge is 0.494 e. The van der Waals surface area contributed by atoms with Crippen LogP contribution in [-0.2, 0) is 11.3 Å². The minimum atomic E-state index is -0.505. The number of pyridine rings is 1. The summed E-state index contributed by atoms with van der Waals surface area (Å²) in [6, 6.07) is 13.2. The van der Waals surface area contributed by atoms with Crippen LogP contribution >= 0.6 is 0 Å². The number of methoxy groups -OCH3 is 5. The molecule has 10 heteroatoms. The Morgan fingerprint density at radius 2 is 1.49 bits per heavy atom. The van der Waals surface area contributed by atoms with Crippen LogP contribution in [0.5, 0.6) is 28.7 Å². The molecule has 0 aliphatic carbocycles. The maximum absolute atomic E-state index is 11.5. The first-order valence-corrected chi connectivity index (χ1v) is 11.4. The van der Waals surface area contributed by atoms with Gasteiger partial charge in [0.15, 0.2) is 11.5 Å². The van der Waals surface area contributed by atoms with Gasteiger partial charge in [0, 0.05) is 18.1 Å². The van der Waals surface area contributed by atoms with Crippen molar-refractivity contribution >= 4 is 39.3 Å². The zero-order valence-electron chi connectivity index (χ0n) is 21.6. The van der Waals surface area contributed by atoms with Gasteiger partial charge in [-0.2, -0.15) is 0 Å². The van der Waals surface area contributed by atoms with E-state index in [0.717, 1.165) is 16.6 Å². The number of nitrogens with one attached hydrogen (secondary N) is 2. The molecule has 0 fully saturated rings. The maximum Gasteiger partial charge on any atom is 0.407 e. The molecule has 4 rings (SSSR count). The summed E-state index contributed by atoms with van der Waals surface area (Å²) in [6.07, 6.45) is -0.505. The van der Waals surface area contributed by atoms with E-state index in [1.54, 1.807) is 21.3 Å². The van der Waals surface area contributed by atoms with Crippen molar-refractivity contribution in [1.82, 2.24) is 10.3 Å². The maximum atomic E-state index is 11.5. The van der Waals surface area contributed by atoms with Crippen molar-refractivity contribution in [1.29, 1.82) is 0 Å². The molecule has 3 aromatic carbocycles. The number of aromatic nitrogens is 1. The van der Waals surface area contributed by atoms with E-state index in [2.05, 4.69) is 10.6 Å². The van der Waals surface area contributed by atoms with Crippen molar-refractivity contribution in [2.75, 3.05) is 47.9 Å². The number of hydrogen-bond acceptors (Lipinski definition) is 9. The average Bonchev–Trinajstić information content (AvgIpc) is 2.94. The van der Waals surface area contributed by atoms with Crippen molar-refractivity contribution in [3.8, 4) is 28.7 Å². The Bertz CT molecular complexity index is 1460. The summed E-state index contributed by atoms with van der Waals surface area (Å²) in [4.78, 5) is 16.5. The molecule has 1 amide bonds. The van der Waals surface area contributed by atoms with Gasteiger partial charge in [-0.05, 0) is 23.8 Å². The molecular formula is C27H29N3O7. The van der Waals surface area contributed by atoms with Gasteiger partial charge in [0.1, 0.15) is 23.4 Å². The van der Waals surface area contributed by atoms with Gasteiger partial charge in [-0.1, -0.05) is 24.3 Å². The molecule has 0 atom stereocenters. The summed E-state index contributed by atoms with van der Waals surface area (Å²) in [5.41, 5.74) is 3.37. The molecule has 0 spiro atoms. The van der Waals surface area contributed by atoms with Crippen LogP contribution in [0.2, 0.25) is 0 Å². The zero-order valence-corrected chi connectivity index (χ0v) is 21.6. The summed E-state index contributed by atoms with van der Waals surface area (Å²) < 4.78 is 33.8. The van der Waals surface area contributed by atoms with E-state index in [0.29, 0.717) is 50.9 Å². The van der Waals surface area contributed by atoms with Gasteiger partial charge in [0.2, 0.25) is 11.5 Å². The molecule has 1 aromatic heterocycles. The van der Waals surface area contributed by atoms with E-state index in [-0.39, 0.29) is 6.61 Å². The highest BCUT2D eigenvalue weighted by molar-refractivity contribution is 6.15. The van der Waals surface area contributed by atoms with Gasteiger partial charge in [-0.25, -0.2) is 9.78 Å². The highest BCUT2D eigenvalue weighted by atomic mass is 16.6. The highest BCUT2D eigenvalue weighted by Crippen LogP contribution is 2.54. The fourth-order valence-electron chi connectivity index (χ4n) is 4.23. The molecule has 0 saturated carbocycles. The van der Waals surface area contributed by atoms with Gasteiger partial charge in [0.25, 0.3) is 0 Å². The van der Waals surface area contributed by atoms with Crippen LogP contribution in [0.25, 0.3) is 21.8 Å². The van der Waals surface area contributed by atoms with Crippen LogP contribution in [0.4, 0.5) is 16.2 Å². The number of fused-ring (bicyclic) bond motifs is 2. The third kappa shape index (κ3) is 4.65. The molecule has 2 N–H and O–H groups in total. The lowest BCUT2D eigenvalue weighted by Gasteiger charge is -2.22. The Balaban J connectivity index is 2.03. The minimum absolute atomic E-state index is 0.114. The number of anilines is 2. The number of ether oxygens (including phenoxy) is 6. The van der Waals surface area contributed by atoms with Crippen molar-refractivity contribution in [2.24, 2.45) is 0 Å². The fraction of sp³-hybridized carbons (Fsp3) is 0.259. The van der Waals surface area contributed by atoms with Crippen molar-refractivity contribution in [2.45, 2.75) is 6.61 Å². The molecule has 0 aliphatic heterocycles. The third-order valence-electron chi connectivity index (χ3n) is 5.85. The molecule has 194 valence electrons. The third-order valence-corrected chi connectivity index (χ3v) is 5.85. The predicted octanol–water partition coefficient (Wildman–Crippen LogP) is 5.03. The smallest absolute Gasteiger partial charge is 0.407 e. The monoisotopic (exact) mass is 507 g/mol. The van der Waals surface area contributed by atoms with E-state index in [4.69, 9.17) is 33.4 Å². The van der Waals surface area contributed by atoms with Crippen molar-refractivity contribution < 1.29 is 33.2 Å². The first kappa shape index (κ1) is 25.5. The Labute approximate surface area is 214 Å². The van der Waals surface area contributed by atoms with Crippen LogP contribution < -0.4 is 34.3 Å². The van der Waals surface area contributed by atoms with Gasteiger partial charge in [-0.15, -0.1) is 0 Å². The number of alkyl carbamates (subject to hydrolysis) is 1. The Kier molecular flexibility index (Phi) is 7.57. The zero-order chi connectivity index (χ0) is 26.5. The summed E-state index contributed by atoms with van der Waals surface area (Å²) in [5.74, 6) is 2.13. The minimum Gasteiger partial charge on any atom is -0.494 e. The van der Waals surface area contributed by atoms with E-state index in [1.165, 1.54) is 21.3 Å². The van der Waals surface area contributed by atoms with Crippen LogP contribution in [0.1, 0.15) is 5.56 Å². The first-order valence-electron chi connectivity index (χ1n) is 11.4. The average molecular weight is 508 g/mol. The number of carbonyl (C=O) groups excluding carboxylic acids is 1. The second kappa shape index (κ2) is 11.0. The number of benzene rings is 3. The standard InChI is InChI=1S/C27H29N3O7/c1-28-27(31)37-14-15-9-7-10-16(13-15)29-21-17-11-8-12-18(32-2)20(17)30-22-19(21)23(33-3)25(35-5)26(36-6)24(22)34-4/h7-13H,14H2,1-6H3,(H,28,31)(H,29,30).